The van der Waals surface area contributed by atoms with Crippen molar-refractivity contribution < 1.29 is 31.9 Å². The van der Waals surface area contributed by atoms with E-state index in [1.165, 1.54) is 26.1 Å². The third-order valence-corrected chi connectivity index (χ3v) is 7.58. The largest absolute Gasteiger partial charge is 0.482 e. The van der Waals surface area contributed by atoms with Gasteiger partial charge in [0.05, 0.1) is 10.6 Å². The van der Waals surface area contributed by atoms with E-state index in [9.17, 15) is 22.8 Å². The fourth-order valence-corrected chi connectivity index (χ4v) is 4.93. The van der Waals surface area contributed by atoms with Gasteiger partial charge in [0.2, 0.25) is 5.91 Å². The minimum Gasteiger partial charge on any atom is -0.482 e. The number of hydrogen-bond donors (Lipinski definition) is 1. The Labute approximate surface area is 224 Å². The molecule has 4 aromatic rings. The Balaban J connectivity index is 1.36. The maximum absolute atomic E-state index is 12.9. The summed E-state index contributed by atoms with van der Waals surface area (Å²) in [5, 5.41) is 3.16. The maximum atomic E-state index is 12.9. The number of aryl methyl sites for hydroxylation is 1. The van der Waals surface area contributed by atoms with Crippen molar-refractivity contribution >= 4 is 44.2 Å². The summed E-state index contributed by atoms with van der Waals surface area (Å²) < 4.78 is 42.9. The van der Waals surface area contributed by atoms with Crippen LogP contribution in [0, 0.1) is 6.92 Å². The van der Waals surface area contributed by atoms with Crippen LogP contribution in [0.1, 0.15) is 18.1 Å². The van der Waals surface area contributed by atoms with Crippen LogP contribution in [0.25, 0.3) is 11.0 Å². The maximum Gasteiger partial charge on any atom is 0.344 e. The molecule has 3 aromatic carbocycles. The molecule has 0 fully saturated rings. The van der Waals surface area contributed by atoms with E-state index in [1.54, 1.807) is 60.7 Å². The van der Waals surface area contributed by atoms with Gasteiger partial charge in [-0.15, -0.1) is 0 Å². The highest BCUT2D eigenvalue weighted by molar-refractivity contribution is 7.92. The molecule has 0 aliphatic carbocycles. The number of nitrogens with one attached hydrogen (secondary N) is 1. The average molecular weight is 551 g/mol. The van der Waals surface area contributed by atoms with Crippen molar-refractivity contribution in [3.63, 3.8) is 0 Å². The number of benzene rings is 3. The number of esters is 1. The first-order valence-electron chi connectivity index (χ1n) is 11.8. The number of fused-ring (bicyclic) bond motifs is 1. The van der Waals surface area contributed by atoms with E-state index in [1.807, 2.05) is 6.92 Å². The number of carbonyl (C=O) groups is 2. The molecule has 0 bridgehead atoms. The number of rotatable bonds is 9. The van der Waals surface area contributed by atoms with E-state index in [-0.39, 0.29) is 23.0 Å². The summed E-state index contributed by atoms with van der Waals surface area (Å²) in [5.41, 5.74) is 1.89. The summed E-state index contributed by atoms with van der Waals surface area (Å²) in [6, 6.07) is 18.8. The van der Waals surface area contributed by atoms with Crippen molar-refractivity contribution in [1.82, 2.24) is 0 Å². The lowest BCUT2D eigenvalue weighted by Gasteiger charge is -2.20. The molecule has 11 heteroatoms. The first kappa shape index (κ1) is 27.4. The van der Waals surface area contributed by atoms with Crippen molar-refractivity contribution in [2.75, 3.05) is 23.3 Å². The third kappa shape index (κ3) is 6.63. The third-order valence-electron chi connectivity index (χ3n) is 5.78. The fourth-order valence-electron chi connectivity index (χ4n) is 3.73. The van der Waals surface area contributed by atoms with Gasteiger partial charge in [-0.1, -0.05) is 17.7 Å². The van der Waals surface area contributed by atoms with Gasteiger partial charge in [-0.3, -0.25) is 9.10 Å². The SMILES string of the molecule is CC(=O)Nc1ccc2c(COC(=O)COc3ccc(N(C)S(=O)(=O)c4ccc(C)cc4)cc3)cc(=O)oc2c1. The Kier molecular flexibility index (Phi) is 8.01. The van der Waals surface area contributed by atoms with E-state index < -0.39 is 28.2 Å². The van der Waals surface area contributed by atoms with Crippen LogP contribution in [0.3, 0.4) is 0 Å². The number of carbonyl (C=O) groups excluding carboxylic acids is 2. The Morgan fingerprint density at radius 3 is 2.33 bits per heavy atom. The number of anilines is 2. The van der Waals surface area contributed by atoms with Crippen molar-refractivity contribution in [1.29, 1.82) is 0 Å². The summed E-state index contributed by atoms with van der Waals surface area (Å²) in [5.74, 6) is -0.599. The highest BCUT2D eigenvalue weighted by Crippen LogP contribution is 2.25. The Hall–Kier alpha value is -4.64. The molecule has 4 rings (SSSR count). The standard InChI is InChI=1S/C28H26N2O8S/c1-18-4-11-24(12-5-18)39(34,35)30(3)22-7-9-23(10-8-22)36-17-28(33)37-16-20-14-27(32)38-26-15-21(29-19(2)31)6-13-25(20)26/h4-15H,16-17H2,1-3H3,(H,29,31). The van der Waals surface area contributed by atoms with Crippen LogP contribution in [-0.4, -0.2) is 33.9 Å². The van der Waals surface area contributed by atoms with Crippen LogP contribution >= 0.6 is 0 Å². The summed E-state index contributed by atoms with van der Waals surface area (Å²) in [6.07, 6.45) is 0. The molecule has 1 amide bonds. The van der Waals surface area contributed by atoms with Gasteiger partial charge < -0.3 is 19.2 Å². The summed E-state index contributed by atoms with van der Waals surface area (Å²) in [6.45, 7) is 2.65. The first-order valence-corrected chi connectivity index (χ1v) is 13.3. The zero-order valence-electron chi connectivity index (χ0n) is 21.5. The van der Waals surface area contributed by atoms with Crippen LogP contribution in [0.4, 0.5) is 11.4 Å². The van der Waals surface area contributed by atoms with Gasteiger partial charge in [-0.2, -0.15) is 0 Å². The zero-order valence-corrected chi connectivity index (χ0v) is 22.3. The topological polar surface area (TPSA) is 132 Å². The van der Waals surface area contributed by atoms with Crippen LogP contribution in [0.15, 0.2) is 86.9 Å². The predicted octanol–water partition coefficient (Wildman–Crippen LogP) is 4.01. The van der Waals surface area contributed by atoms with Gasteiger partial charge in [0.25, 0.3) is 10.0 Å². The molecule has 39 heavy (non-hydrogen) atoms. The highest BCUT2D eigenvalue weighted by Gasteiger charge is 2.21. The second-order valence-corrected chi connectivity index (χ2v) is 10.7. The fraction of sp³-hybridized carbons (Fsp3) is 0.179. The molecule has 0 aliphatic rings. The lowest BCUT2D eigenvalue weighted by Crippen LogP contribution is -2.26. The smallest absolute Gasteiger partial charge is 0.344 e. The Morgan fingerprint density at radius 1 is 0.974 bits per heavy atom. The quantitative estimate of drug-likeness (QED) is 0.244. The van der Waals surface area contributed by atoms with Crippen LogP contribution in [0.2, 0.25) is 0 Å². The van der Waals surface area contributed by atoms with E-state index in [2.05, 4.69) is 5.32 Å². The normalized spacial score (nSPS) is 11.2. The molecule has 0 radical (unpaired) electrons. The minimum atomic E-state index is -3.74. The van der Waals surface area contributed by atoms with Crippen LogP contribution in [0.5, 0.6) is 5.75 Å². The second kappa shape index (κ2) is 11.4. The molecular weight excluding hydrogens is 524 g/mol. The zero-order chi connectivity index (χ0) is 28.2. The molecule has 0 aliphatic heterocycles. The molecule has 0 atom stereocenters. The molecule has 1 heterocycles. The minimum absolute atomic E-state index is 0.177. The van der Waals surface area contributed by atoms with Crippen molar-refractivity contribution in [2.45, 2.75) is 25.3 Å². The van der Waals surface area contributed by atoms with Gasteiger partial charge in [0, 0.05) is 42.7 Å². The van der Waals surface area contributed by atoms with Crippen LogP contribution in [-0.2, 0) is 31.0 Å². The average Bonchev–Trinajstić information content (AvgIpc) is 2.90. The van der Waals surface area contributed by atoms with Gasteiger partial charge in [0.15, 0.2) is 6.61 Å². The molecule has 202 valence electrons. The van der Waals surface area contributed by atoms with E-state index in [0.29, 0.717) is 28.1 Å². The van der Waals surface area contributed by atoms with Crippen LogP contribution < -0.4 is 20.0 Å². The molecule has 0 spiro atoms. The van der Waals surface area contributed by atoms with Gasteiger partial charge in [-0.05, 0) is 55.5 Å². The number of sulfonamides is 1. The van der Waals surface area contributed by atoms with Crippen molar-refractivity contribution in [3.8, 4) is 5.75 Å². The van der Waals surface area contributed by atoms with Crippen molar-refractivity contribution in [3.05, 3.63) is 94.3 Å². The molecule has 0 unspecified atom stereocenters. The van der Waals surface area contributed by atoms with E-state index in [4.69, 9.17) is 13.9 Å². The number of ether oxygens (including phenoxy) is 2. The second-order valence-electron chi connectivity index (χ2n) is 8.71. The predicted molar refractivity (Wildman–Crippen MR) is 145 cm³/mol. The number of amides is 1. The molecular formula is C28H26N2O8S. The number of hydrogen-bond acceptors (Lipinski definition) is 8. The van der Waals surface area contributed by atoms with Crippen molar-refractivity contribution in [2.24, 2.45) is 0 Å². The molecule has 0 saturated heterocycles. The molecule has 1 N–H and O–H groups in total. The molecule has 0 saturated carbocycles. The van der Waals surface area contributed by atoms with Gasteiger partial charge in [0.1, 0.15) is 17.9 Å². The first-order chi connectivity index (χ1) is 18.5. The molecule has 1 aromatic heterocycles. The van der Waals surface area contributed by atoms with E-state index in [0.717, 1.165) is 9.87 Å². The lowest BCUT2D eigenvalue weighted by atomic mass is 10.1. The Morgan fingerprint density at radius 2 is 1.67 bits per heavy atom. The number of nitrogens with zero attached hydrogens (tertiary/aromatic N) is 1. The summed E-state index contributed by atoms with van der Waals surface area (Å²) in [4.78, 5) is 35.7. The van der Waals surface area contributed by atoms with Gasteiger partial charge in [-0.25, -0.2) is 18.0 Å². The molecule has 10 nitrogen and oxygen atoms in total. The Bertz CT molecular complexity index is 1680. The monoisotopic (exact) mass is 550 g/mol. The highest BCUT2D eigenvalue weighted by atomic mass is 32.2. The lowest BCUT2D eigenvalue weighted by molar-refractivity contribution is -0.147. The van der Waals surface area contributed by atoms with Gasteiger partial charge >= 0.3 is 11.6 Å². The summed E-state index contributed by atoms with van der Waals surface area (Å²) >= 11 is 0. The van der Waals surface area contributed by atoms with E-state index >= 15 is 0 Å². The summed E-state index contributed by atoms with van der Waals surface area (Å²) in [7, 11) is -2.28.